The lowest BCUT2D eigenvalue weighted by molar-refractivity contribution is 0.130. The van der Waals surface area contributed by atoms with E-state index in [4.69, 9.17) is 23.2 Å². The van der Waals surface area contributed by atoms with Crippen molar-refractivity contribution in [3.63, 3.8) is 0 Å². The number of likely N-dealkylation sites (N-methyl/N-ethyl adjacent to an activating group) is 1. The highest BCUT2D eigenvalue weighted by Crippen LogP contribution is 2.29. The molecule has 2 rings (SSSR count). The summed E-state index contributed by atoms with van der Waals surface area (Å²) >= 11 is 11.6. The largest absolute Gasteiger partial charge is 0.390 e. The van der Waals surface area contributed by atoms with E-state index in [2.05, 4.69) is 0 Å². The highest BCUT2D eigenvalue weighted by molar-refractivity contribution is 7.92. The van der Waals surface area contributed by atoms with Gasteiger partial charge in [-0.25, -0.2) is 16.8 Å². The van der Waals surface area contributed by atoms with Crippen molar-refractivity contribution in [3.05, 3.63) is 28.2 Å². The van der Waals surface area contributed by atoms with Crippen LogP contribution in [0.4, 0.5) is 0 Å². The average Bonchev–Trinajstić information content (AvgIpc) is 2.66. The van der Waals surface area contributed by atoms with Gasteiger partial charge in [-0.3, -0.25) is 0 Å². The Balaban J connectivity index is 2.43. The molecule has 0 spiro atoms. The van der Waals surface area contributed by atoms with Crippen LogP contribution in [-0.4, -0.2) is 56.4 Å². The Morgan fingerprint density at radius 3 is 2.36 bits per heavy atom. The second-order valence-corrected chi connectivity index (χ2v) is 9.85. The van der Waals surface area contributed by atoms with Crippen LogP contribution in [0.5, 0.6) is 0 Å². The minimum absolute atomic E-state index is 0.0276. The summed E-state index contributed by atoms with van der Waals surface area (Å²) in [4.78, 5) is -0.0970. The molecular formula is C12H15Cl2NO5S2. The maximum absolute atomic E-state index is 12.7. The number of aliphatic hydroxyl groups is 1. The second-order valence-electron chi connectivity index (χ2n) is 5.00. The van der Waals surface area contributed by atoms with E-state index < -0.39 is 43.5 Å². The Labute approximate surface area is 139 Å². The summed E-state index contributed by atoms with van der Waals surface area (Å²) in [7, 11) is -7.45. The Bertz CT molecular complexity index is 779. The van der Waals surface area contributed by atoms with Gasteiger partial charge in [0.15, 0.2) is 9.84 Å². The number of hydrogen-bond donors (Lipinski definition) is 1. The van der Waals surface area contributed by atoms with Gasteiger partial charge in [0.2, 0.25) is 10.0 Å². The summed E-state index contributed by atoms with van der Waals surface area (Å²) in [5.74, 6) is -0.840. The van der Waals surface area contributed by atoms with Gasteiger partial charge < -0.3 is 5.11 Å². The van der Waals surface area contributed by atoms with E-state index in [1.54, 1.807) is 6.92 Å². The molecule has 0 bridgehead atoms. The standard InChI is InChI=1S/C12H15Cl2NO5S2/c1-2-15(11-6-21(17,18)7-12(11)16)22(19,20)8-3-4-9(13)10(14)5-8/h3-5,11-12,16H,2,6-7H2,1H3/t11-,12-/m0/s1. The van der Waals surface area contributed by atoms with Crippen LogP contribution in [0.3, 0.4) is 0 Å². The fourth-order valence-corrected chi connectivity index (χ4v) is 6.39. The van der Waals surface area contributed by atoms with Gasteiger partial charge in [0.1, 0.15) is 0 Å². The molecule has 1 saturated heterocycles. The molecule has 1 fully saturated rings. The van der Waals surface area contributed by atoms with Gasteiger partial charge in [-0.05, 0) is 18.2 Å². The Hall–Kier alpha value is -0.380. The van der Waals surface area contributed by atoms with E-state index in [-0.39, 0.29) is 21.5 Å². The van der Waals surface area contributed by atoms with E-state index >= 15 is 0 Å². The van der Waals surface area contributed by atoms with E-state index in [1.807, 2.05) is 0 Å². The molecule has 0 amide bonds. The number of halogens is 2. The molecule has 0 saturated carbocycles. The van der Waals surface area contributed by atoms with E-state index in [0.717, 1.165) is 4.31 Å². The minimum atomic E-state index is -3.99. The van der Waals surface area contributed by atoms with Gasteiger partial charge in [-0.1, -0.05) is 30.1 Å². The predicted octanol–water partition coefficient (Wildman–Crippen LogP) is 1.16. The summed E-state index contributed by atoms with van der Waals surface area (Å²) in [6.45, 7) is 1.60. The van der Waals surface area contributed by atoms with Crippen LogP contribution >= 0.6 is 23.2 Å². The zero-order valence-corrected chi connectivity index (χ0v) is 14.8. The fraction of sp³-hybridized carbons (Fsp3) is 0.500. The molecule has 1 aliphatic rings. The Morgan fingerprint density at radius 1 is 1.27 bits per heavy atom. The van der Waals surface area contributed by atoms with Crippen molar-refractivity contribution in [3.8, 4) is 0 Å². The van der Waals surface area contributed by atoms with Crippen molar-refractivity contribution in [2.75, 3.05) is 18.1 Å². The first-order valence-corrected chi connectivity index (χ1v) is 10.5. The Morgan fingerprint density at radius 2 is 1.91 bits per heavy atom. The van der Waals surface area contributed by atoms with Crippen LogP contribution in [0, 0.1) is 0 Å². The van der Waals surface area contributed by atoms with Crippen LogP contribution in [0.2, 0.25) is 10.0 Å². The molecule has 1 aromatic carbocycles. The SMILES string of the molecule is CCN([C@H]1CS(=O)(=O)C[C@@H]1O)S(=O)(=O)c1ccc(Cl)c(Cl)c1. The number of sulfonamides is 1. The lowest BCUT2D eigenvalue weighted by atomic mass is 10.2. The lowest BCUT2D eigenvalue weighted by Gasteiger charge is -2.28. The summed E-state index contributed by atoms with van der Waals surface area (Å²) in [5, 5.41) is 10.2. The summed E-state index contributed by atoms with van der Waals surface area (Å²) in [5.41, 5.74) is 0. The topological polar surface area (TPSA) is 91.8 Å². The summed E-state index contributed by atoms with van der Waals surface area (Å²) in [6.07, 6.45) is -1.25. The highest BCUT2D eigenvalue weighted by Gasteiger charge is 2.44. The quantitative estimate of drug-likeness (QED) is 0.836. The second kappa shape index (κ2) is 6.26. The van der Waals surface area contributed by atoms with Crippen molar-refractivity contribution >= 4 is 43.1 Å². The van der Waals surface area contributed by atoms with Crippen molar-refractivity contribution in [2.24, 2.45) is 0 Å². The maximum atomic E-state index is 12.7. The van der Waals surface area contributed by atoms with Crippen molar-refractivity contribution in [2.45, 2.75) is 24.0 Å². The third-order valence-electron chi connectivity index (χ3n) is 3.47. The molecule has 6 nitrogen and oxygen atoms in total. The van der Waals surface area contributed by atoms with Crippen molar-refractivity contribution in [1.29, 1.82) is 0 Å². The molecule has 10 heteroatoms. The molecule has 22 heavy (non-hydrogen) atoms. The number of nitrogens with zero attached hydrogens (tertiary/aromatic N) is 1. The average molecular weight is 388 g/mol. The third-order valence-corrected chi connectivity index (χ3v) is 7.91. The van der Waals surface area contributed by atoms with Gasteiger partial charge in [-0.2, -0.15) is 4.31 Å². The zero-order chi connectivity index (χ0) is 16.7. The van der Waals surface area contributed by atoms with Crippen molar-refractivity contribution < 1.29 is 21.9 Å². The van der Waals surface area contributed by atoms with Gasteiger partial charge in [0.25, 0.3) is 0 Å². The lowest BCUT2D eigenvalue weighted by Crippen LogP contribution is -2.46. The van der Waals surface area contributed by atoms with E-state index in [1.165, 1.54) is 18.2 Å². The maximum Gasteiger partial charge on any atom is 0.243 e. The van der Waals surface area contributed by atoms with Gasteiger partial charge in [0, 0.05) is 6.54 Å². The molecule has 0 aliphatic carbocycles. The molecule has 1 N–H and O–H groups in total. The predicted molar refractivity (Wildman–Crippen MR) is 84.5 cm³/mol. The molecule has 0 unspecified atom stereocenters. The van der Waals surface area contributed by atoms with E-state index in [0.29, 0.717) is 0 Å². The third kappa shape index (κ3) is 3.42. The smallest absolute Gasteiger partial charge is 0.243 e. The first-order valence-electron chi connectivity index (χ1n) is 6.44. The van der Waals surface area contributed by atoms with Gasteiger partial charge in [0.05, 0.1) is 38.6 Å². The summed E-state index contributed by atoms with van der Waals surface area (Å²) < 4.78 is 49.6. The molecule has 124 valence electrons. The number of benzene rings is 1. The normalized spacial score (nSPS) is 24.8. The molecule has 1 aliphatic heterocycles. The molecule has 2 atom stereocenters. The molecule has 0 radical (unpaired) electrons. The molecule has 1 heterocycles. The number of aliphatic hydroxyl groups excluding tert-OH is 1. The first kappa shape index (κ1) is 18.0. The number of rotatable bonds is 4. The first-order chi connectivity index (χ1) is 10.1. The van der Waals surface area contributed by atoms with Crippen LogP contribution < -0.4 is 0 Å². The van der Waals surface area contributed by atoms with Crippen LogP contribution in [-0.2, 0) is 19.9 Å². The highest BCUT2D eigenvalue weighted by atomic mass is 35.5. The number of sulfone groups is 1. The molecular weight excluding hydrogens is 373 g/mol. The van der Waals surface area contributed by atoms with Gasteiger partial charge >= 0.3 is 0 Å². The minimum Gasteiger partial charge on any atom is -0.390 e. The van der Waals surface area contributed by atoms with Crippen LogP contribution in [0.25, 0.3) is 0 Å². The molecule has 1 aromatic rings. The van der Waals surface area contributed by atoms with Crippen LogP contribution in [0.15, 0.2) is 23.1 Å². The monoisotopic (exact) mass is 387 g/mol. The molecule has 0 aromatic heterocycles. The van der Waals surface area contributed by atoms with E-state index in [9.17, 15) is 21.9 Å². The van der Waals surface area contributed by atoms with Crippen LogP contribution in [0.1, 0.15) is 6.92 Å². The Kier molecular flexibility index (Phi) is 5.11. The zero-order valence-electron chi connectivity index (χ0n) is 11.6. The number of hydrogen-bond acceptors (Lipinski definition) is 5. The van der Waals surface area contributed by atoms with Gasteiger partial charge in [-0.15, -0.1) is 0 Å². The summed E-state index contributed by atoms with van der Waals surface area (Å²) in [6, 6.07) is 2.85. The van der Waals surface area contributed by atoms with Crippen molar-refractivity contribution in [1.82, 2.24) is 4.31 Å². The fourth-order valence-electron chi connectivity index (χ4n) is 2.44.